The third-order valence-electron chi connectivity index (χ3n) is 5.34. The molecule has 0 unspecified atom stereocenters. The lowest BCUT2D eigenvalue weighted by molar-refractivity contribution is -0.138. The monoisotopic (exact) mass is 531 g/mol. The van der Waals surface area contributed by atoms with Crippen LogP contribution in [-0.2, 0) is 17.9 Å². The number of hydrogen-bond donors (Lipinski definition) is 3. The number of halogens is 6. The van der Waals surface area contributed by atoms with E-state index in [4.69, 9.17) is 15.8 Å². The normalized spacial score (nSPS) is 13.9. The van der Waals surface area contributed by atoms with Crippen LogP contribution in [0.2, 0.25) is 6.32 Å². The number of alkyl halides is 6. The summed E-state index contributed by atoms with van der Waals surface area (Å²) in [5.41, 5.74) is 4.93. The molecule has 11 heteroatoms. The Morgan fingerprint density at radius 2 is 1.32 bits per heavy atom. The molecule has 37 heavy (non-hydrogen) atoms. The Balaban J connectivity index is 0.000000573. The smallest absolute Gasteiger partial charge is 0.427 e. The Labute approximate surface area is 213 Å². The highest BCUT2D eigenvalue weighted by Crippen LogP contribution is 2.32. The molecule has 0 amide bonds. The lowest BCUT2D eigenvalue weighted by atomic mass is 9.81. The van der Waals surface area contributed by atoms with E-state index >= 15 is 0 Å². The van der Waals surface area contributed by atoms with E-state index in [9.17, 15) is 31.1 Å². The van der Waals surface area contributed by atoms with Gasteiger partial charge in [-0.15, -0.1) is 6.58 Å². The fourth-order valence-corrected chi connectivity index (χ4v) is 2.68. The van der Waals surface area contributed by atoms with Gasteiger partial charge in [-0.3, -0.25) is 4.79 Å². The fourth-order valence-electron chi connectivity index (χ4n) is 2.68. The fraction of sp³-hybridized carbons (Fsp3) is 0.346. The summed E-state index contributed by atoms with van der Waals surface area (Å²) in [7, 11) is -1.18. The number of ketones is 1. The summed E-state index contributed by atoms with van der Waals surface area (Å²) in [6, 6.07) is 9.09. The Morgan fingerprint density at radius 1 is 0.946 bits per heavy atom. The zero-order valence-electron chi connectivity index (χ0n) is 21.1. The van der Waals surface area contributed by atoms with Crippen LogP contribution in [0.25, 0.3) is 0 Å². The van der Waals surface area contributed by atoms with E-state index in [-0.39, 0.29) is 17.3 Å². The van der Waals surface area contributed by atoms with Crippen LogP contribution in [0.3, 0.4) is 0 Å². The molecule has 2 aromatic rings. The number of carbonyl (C=O) groups excluding carboxylic acids is 1. The van der Waals surface area contributed by atoms with Crippen LogP contribution in [0.4, 0.5) is 26.3 Å². The lowest BCUT2D eigenvalue weighted by Crippen LogP contribution is -2.39. The minimum atomic E-state index is -4.34. The summed E-state index contributed by atoms with van der Waals surface area (Å²) < 4.78 is 73.3. The molecule has 0 radical (unpaired) electrons. The third kappa shape index (κ3) is 12.3. The maximum atomic E-state index is 12.4. The van der Waals surface area contributed by atoms with Crippen LogP contribution >= 0.6 is 0 Å². The van der Waals surface area contributed by atoms with Crippen LogP contribution in [0, 0.1) is 5.92 Å². The number of allylic oxidation sites excluding steroid dienone is 2. The van der Waals surface area contributed by atoms with Crippen molar-refractivity contribution in [3.05, 3.63) is 95.6 Å². The van der Waals surface area contributed by atoms with Crippen LogP contribution in [0.15, 0.2) is 73.3 Å². The molecule has 204 valence electrons. The van der Waals surface area contributed by atoms with E-state index in [1.165, 1.54) is 31.2 Å². The summed E-state index contributed by atoms with van der Waals surface area (Å²) >= 11 is 0. The average molecular weight is 531 g/mol. The van der Waals surface area contributed by atoms with Gasteiger partial charge in [-0.05, 0) is 62.8 Å². The molecule has 2 aromatic carbocycles. The zero-order valence-corrected chi connectivity index (χ0v) is 21.1. The van der Waals surface area contributed by atoms with Crippen LogP contribution in [-0.4, -0.2) is 22.9 Å². The lowest BCUT2D eigenvalue weighted by Gasteiger charge is -2.30. The molecular weight excluding hydrogens is 499 g/mol. The average Bonchev–Trinajstić information content (AvgIpc) is 2.82. The van der Waals surface area contributed by atoms with Crippen molar-refractivity contribution in [2.75, 3.05) is 0 Å². The van der Waals surface area contributed by atoms with E-state index in [0.29, 0.717) is 11.9 Å². The SMILES string of the molecule is C/C=C/CB(O)O.C=C[C@H](C)[C@](C)(N)c1ccc(C(F)(F)F)cc1.CC(=O)c1ccc(C(F)(F)F)cc1. The first-order valence-corrected chi connectivity index (χ1v) is 11.1. The Hall–Kier alpha value is -2.89. The Bertz CT molecular complexity index is 999. The topological polar surface area (TPSA) is 83.6 Å². The molecule has 2 atom stereocenters. The molecule has 0 aliphatic heterocycles. The summed E-state index contributed by atoms with van der Waals surface area (Å²) in [5, 5.41) is 16.4. The number of rotatable bonds is 6. The van der Waals surface area contributed by atoms with Gasteiger partial charge in [0, 0.05) is 11.1 Å². The van der Waals surface area contributed by atoms with Gasteiger partial charge >= 0.3 is 19.5 Å². The first-order valence-electron chi connectivity index (χ1n) is 11.1. The van der Waals surface area contributed by atoms with Gasteiger partial charge in [0.2, 0.25) is 0 Å². The van der Waals surface area contributed by atoms with E-state index < -0.39 is 36.1 Å². The first kappa shape index (κ1) is 34.1. The molecule has 4 nitrogen and oxygen atoms in total. The molecule has 0 heterocycles. The second-order valence-corrected chi connectivity index (χ2v) is 8.30. The van der Waals surface area contributed by atoms with Crippen molar-refractivity contribution in [1.82, 2.24) is 0 Å². The molecule has 0 saturated heterocycles. The standard InChI is InChI=1S/C13H16F3N.C9H7F3O.C4H9BO2/c1-4-9(2)12(3,17)10-5-7-11(8-6-10)13(14,15)16;1-6(13)7-2-4-8(5-3-7)9(10,11)12;1-2-3-4-5(6)7/h4-9H,1,17H2,2-3H3;2-5H,1H3;2-3,6-7H,4H2,1H3/b;;3-2+/t9-,12-;;/m0../s1. The molecule has 0 aromatic heterocycles. The van der Waals surface area contributed by atoms with Crippen molar-refractivity contribution in [2.24, 2.45) is 11.7 Å². The van der Waals surface area contributed by atoms with Gasteiger partial charge in [0.15, 0.2) is 5.78 Å². The summed E-state index contributed by atoms with van der Waals surface area (Å²) in [5.74, 6) is -0.270. The van der Waals surface area contributed by atoms with Crippen molar-refractivity contribution in [2.45, 2.75) is 51.9 Å². The molecule has 0 fully saturated rings. The number of carbonyl (C=O) groups is 1. The van der Waals surface area contributed by atoms with Gasteiger partial charge in [-0.1, -0.05) is 49.4 Å². The minimum Gasteiger partial charge on any atom is -0.427 e. The molecule has 0 aliphatic carbocycles. The van der Waals surface area contributed by atoms with Crippen LogP contribution in [0.1, 0.15) is 54.7 Å². The van der Waals surface area contributed by atoms with Crippen molar-refractivity contribution in [3.63, 3.8) is 0 Å². The van der Waals surface area contributed by atoms with E-state index in [1.54, 1.807) is 25.2 Å². The summed E-state index contributed by atoms with van der Waals surface area (Å²) in [6.07, 6.45) is -3.15. The van der Waals surface area contributed by atoms with Gasteiger partial charge in [0.05, 0.1) is 11.1 Å². The van der Waals surface area contributed by atoms with E-state index in [0.717, 1.165) is 24.3 Å². The summed E-state index contributed by atoms with van der Waals surface area (Å²) in [6.45, 7) is 10.5. The Kier molecular flexibility index (Phi) is 13.6. The molecule has 0 bridgehead atoms. The zero-order chi connectivity index (χ0) is 29.0. The van der Waals surface area contributed by atoms with E-state index in [2.05, 4.69) is 6.58 Å². The van der Waals surface area contributed by atoms with Crippen molar-refractivity contribution < 1.29 is 41.2 Å². The predicted octanol–water partition coefficient (Wildman–Crippen LogP) is 6.64. The largest absolute Gasteiger partial charge is 0.455 e. The number of benzene rings is 2. The van der Waals surface area contributed by atoms with Crippen molar-refractivity contribution in [1.29, 1.82) is 0 Å². The molecule has 0 spiro atoms. The molecule has 0 saturated carbocycles. The maximum Gasteiger partial charge on any atom is 0.455 e. The molecule has 4 N–H and O–H groups in total. The second-order valence-electron chi connectivity index (χ2n) is 8.30. The van der Waals surface area contributed by atoms with E-state index in [1.807, 2.05) is 13.8 Å². The highest BCUT2D eigenvalue weighted by molar-refractivity contribution is 6.41. The molecule has 0 aliphatic rings. The van der Waals surface area contributed by atoms with Crippen LogP contribution < -0.4 is 5.73 Å². The minimum absolute atomic E-state index is 0.0285. The highest BCUT2D eigenvalue weighted by Gasteiger charge is 2.32. The van der Waals surface area contributed by atoms with Gasteiger partial charge in [-0.25, -0.2) is 0 Å². The first-order chi connectivity index (χ1) is 16.9. The molecule has 2 rings (SSSR count). The number of Topliss-reactive ketones (excluding diaryl/α,β-unsaturated/α-hetero) is 1. The molecular formula is C26H32BF6NO3. The van der Waals surface area contributed by atoms with Gasteiger partial charge in [0.25, 0.3) is 0 Å². The number of hydrogen-bond acceptors (Lipinski definition) is 4. The number of nitrogens with two attached hydrogens (primary N) is 1. The second kappa shape index (κ2) is 14.8. The highest BCUT2D eigenvalue weighted by atomic mass is 19.4. The van der Waals surface area contributed by atoms with Gasteiger partial charge < -0.3 is 15.8 Å². The quantitative estimate of drug-likeness (QED) is 0.169. The van der Waals surface area contributed by atoms with Gasteiger partial charge in [-0.2, -0.15) is 26.3 Å². The van der Waals surface area contributed by atoms with Crippen LogP contribution in [0.5, 0.6) is 0 Å². The Morgan fingerprint density at radius 3 is 1.59 bits per heavy atom. The maximum absolute atomic E-state index is 12.4. The van der Waals surface area contributed by atoms with Gasteiger partial charge in [0.1, 0.15) is 0 Å². The van der Waals surface area contributed by atoms with Crippen molar-refractivity contribution in [3.8, 4) is 0 Å². The predicted molar refractivity (Wildman–Crippen MR) is 134 cm³/mol. The summed E-state index contributed by atoms with van der Waals surface area (Å²) in [4.78, 5) is 10.7. The van der Waals surface area contributed by atoms with Crippen molar-refractivity contribution >= 4 is 12.9 Å². The third-order valence-corrected chi connectivity index (χ3v) is 5.34.